The summed E-state index contributed by atoms with van der Waals surface area (Å²) < 4.78 is 6.63. The van der Waals surface area contributed by atoms with E-state index in [4.69, 9.17) is 14.7 Å². The fourth-order valence-corrected chi connectivity index (χ4v) is 4.12. The Hall–Kier alpha value is -2.51. The molecule has 1 N–H and O–H groups in total. The van der Waals surface area contributed by atoms with Gasteiger partial charge in [0.25, 0.3) is 0 Å². The van der Waals surface area contributed by atoms with Crippen LogP contribution in [0.3, 0.4) is 0 Å². The third-order valence-electron chi connectivity index (χ3n) is 4.65. The molecular weight excluding hydrogens is 334 g/mol. The number of anilines is 1. The van der Waals surface area contributed by atoms with E-state index in [2.05, 4.69) is 40.0 Å². The van der Waals surface area contributed by atoms with Gasteiger partial charge in [-0.25, -0.2) is 15.0 Å². The Kier molecular flexibility index (Phi) is 3.43. The van der Waals surface area contributed by atoms with Gasteiger partial charge in [-0.1, -0.05) is 12.1 Å². The van der Waals surface area contributed by atoms with Gasteiger partial charge in [0.15, 0.2) is 17.3 Å². The van der Waals surface area contributed by atoms with E-state index < -0.39 is 0 Å². The molecule has 0 unspecified atom stereocenters. The fraction of sp³-hybridized carbons (Fsp3) is 0.278. The molecule has 1 aromatic carbocycles. The monoisotopic (exact) mass is 351 g/mol. The van der Waals surface area contributed by atoms with Crippen molar-refractivity contribution in [3.63, 3.8) is 0 Å². The number of rotatable bonds is 2. The number of aromatic amines is 1. The summed E-state index contributed by atoms with van der Waals surface area (Å²) in [5.41, 5.74) is 4.71. The second-order valence-electron chi connectivity index (χ2n) is 6.24. The number of H-pyrrole nitrogens is 1. The third-order valence-corrected chi connectivity index (χ3v) is 5.46. The van der Waals surface area contributed by atoms with Gasteiger partial charge < -0.3 is 14.6 Å². The van der Waals surface area contributed by atoms with Crippen LogP contribution in [0.15, 0.2) is 36.0 Å². The molecule has 4 heterocycles. The minimum atomic E-state index is 0.282. The Morgan fingerprint density at radius 1 is 1.28 bits per heavy atom. The zero-order valence-electron chi connectivity index (χ0n) is 13.8. The van der Waals surface area contributed by atoms with E-state index in [0.29, 0.717) is 6.61 Å². The van der Waals surface area contributed by atoms with Gasteiger partial charge in [0.2, 0.25) is 0 Å². The molecule has 25 heavy (non-hydrogen) atoms. The van der Waals surface area contributed by atoms with Crippen molar-refractivity contribution in [2.45, 2.75) is 13.0 Å². The number of thiazole rings is 1. The van der Waals surface area contributed by atoms with Crippen LogP contribution in [0.4, 0.5) is 5.82 Å². The summed E-state index contributed by atoms with van der Waals surface area (Å²) in [6.45, 7) is 4.43. The molecule has 0 spiro atoms. The number of morpholine rings is 1. The van der Waals surface area contributed by atoms with E-state index in [9.17, 15) is 0 Å². The molecule has 5 rings (SSSR count). The van der Waals surface area contributed by atoms with Crippen LogP contribution in [0.2, 0.25) is 0 Å². The van der Waals surface area contributed by atoms with E-state index in [0.717, 1.165) is 51.6 Å². The summed E-state index contributed by atoms with van der Waals surface area (Å²) in [7, 11) is 0. The van der Waals surface area contributed by atoms with Gasteiger partial charge in [-0.05, 0) is 19.1 Å². The summed E-state index contributed by atoms with van der Waals surface area (Å²) in [6.07, 6.45) is 1.94. The highest BCUT2D eigenvalue weighted by Crippen LogP contribution is 2.33. The van der Waals surface area contributed by atoms with E-state index in [1.54, 1.807) is 11.3 Å². The van der Waals surface area contributed by atoms with Crippen LogP contribution >= 0.6 is 11.3 Å². The predicted octanol–water partition coefficient (Wildman–Crippen LogP) is 3.46. The maximum atomic E-state index is 5.59. The van der Waals surface area contributed by atoms with Crippen molar-refractivity contribution >= 4 is 38.4 Å². The summed E-state index contributed by atoms with van der Waals surface area (Å²) in [4.78, 5) is 19.7. The smallest absolute Gasteiger partial charge is 0.176 e. The summed E-state index contributed by atoms with van der Waals surface area (Å²) in [5.74, 6) is 1.68. The Morgan fingerprint density at radius 2 is 2.24 bits per heavy atom. The zero-order chi connectivity index (χ0) is 16.8. The predicted molar refractivity (Wildman–Crippen MR) is 100 cm³/mol. The van der Waals surface area contributed by atoms with Crippen LogP contribution in [-0.2, 0) is 4.74 Å². The maximum Gasteiger partial charge on any atom is 0.176 e. The van der Waals surface area contributed by atoms with Gasteiger partial charge >= 0.3 is 0 Å². The Bertz CT molecular complexity index is 1060. The first kappa shape index (κ1) is 14.8. The number of hydrogen-bond acceptors (Lipinski definition) is 6. The van der Waals surface area contributed by atoms with E-state index in [1.807, 2.05) is 17.8 Å². The highest BCUT2D eigenvalue weighted by Gasteiger charge is 2.24. The molecule has 0 aliphatic carbocycles. The number of nitrogens with one attached hydrogen (secondary N) is 1. The van der Waals surface area contributed by atoms with Gasteiger partial charge in [-0.2, -0.15) is 0 Å². The molecule has 1 saturated heterocycles. The van der Waals surface area contributed by atoms with Crippen LogP contribution in [0.5, 0.6) is 0 Å². The molecule has 0 bridgehead atoms. The van der Waals surface area contributed by atoms with E-state index in [-0.39, 0.29) is 6.04 Å². The summed E-state index contributed by atoms with van der Waals surface area (Å²) in [5, 5.41) is 1.12. The lowest BCUT2D eigenvalue weighted by atomic mass is 10.1. The average molecular weight is 351 g/mol. The molecule has 1 atom stereocenters. The molecule has 6 nitrogen and oxygen atoms in total. The first-order valence-corrected chi connectivity index (χ1v) is 9.21. The van der Waals surface area contributed by atoms with Crippen LogP contribution < -0.4 is 4.90 Å². The van der Waals surface area contributed by atoms with Gasteiger partial charge in [0, 0.05) is 29.2 Å². The topological polar surface area (TPSA) is 66.9 Å². The second-order valence-corrected chi connectivity index (χ2v) is 7.09. The Morgan fingerprint density at radius 3 is 3.16 bits per heavy atom. The molecule has 0 saturated carbocycles. The minimum Gasteiger partial charge on any atom is -0.377 e. The lowest BCUT2D eigenvalue weighted by Crippen LogP contribution is -2.44. The van der Waals surface area contributed by atoms with Gasteiger partial charge in [0.1, 0.15) is 4.70 Å². The van der Waals surface area contributed by atoms with E-state index in [1.165, 1.54) is 0 Å². The zero-order valence-corrected chi connectivity index (χ0v) is 14.6. The molecule has 3 aromatic heterocycles. The van der Waals surface area contributed by atoms with Crippen molar-refractivity contribution in [1.82, 2.24) is 19.9 Å². The number of aromatic nitrogens is 4. The highest BCUT2D eigenvalue weighted by molar-refractivity contribution is 7.17. The lowest BCUT2D eigenvalue weighted by molar-refractivity contribution is 0.0987. The molecule has 1 aliphatic rings. The normalized spacial score (nSPS) is 18.3. The number of ether oxygens (including phenoxy) is 1. The Balaban J connectivity index is 1.73. The van der Waals surface area contributed by atoms with Crippen molar-refractivity contribution in [1.29, 1.82) is 0 Å². The number of benzene rings is 1. The molecule has 126 valence electrons. The van der Waals surface area contributed by atoms with Crippen molar-refractivity contribution in [2.24, 2.45) is 0 Å². The first-order valence-electron chi connectivity index (χ1n) is 8.33. The molecule has 7 heteroatoms. The molecule has 4 aromatic rings. The number of nitrogens with zero attached hydrogens (tertiary/aromatic N) is 4. The van der Waals surface area contributed by atoms with Crippen molar-refractivity contribution in [2.75, 3.05) is 24.7 Å². The average Bonchev–Trinajstić information content (AvgIpc) is 3.30. The third kappa shape index (κ3) is 2.39. The van der Waals surface area contributed by atoms with Gasteiger partial charge in [-0.15, -0.1) is 11.3 Å². The molecule has 0 amide bonds. The number of fused-ring (bicyclic) bond motifs is 2. The van der Waals surface area contributed by atoms with Gasteiger partial charge in [-0.3, -0.25) is 0 Å². The van der Waals surface area contributed by atoms with Crippen molar-refractivity contribution in [3.8, 4) is 11.4 Å². The molecule has 1 fully saturated rings. The quantitative estimate of drug-likeness (QED) is 0.599. The summed E-state index contributed by atoms with van der Waals surface area (Å²) >= 11 is 1.59. The van der Waals surface area contributed by atoms with Crippen LogP contribution in [0.1, 0.15) is 6.92 Å². The number of hydrogen-bond donors (Lipinski definition) is 1. The Labute approximate surface area is 148 Å². The second kappa shape index (κ2) is 5.79. The highest BCUT2D eigenvalue weighted by atomic mass is 32.1. The molecule has 0 radical (unpaired) electrons. The van der Waals surface area contributed by atoms with Gasteiger partial charge in [0.05, 0.1) is 24.8 Å². The van der Waals surface area contributed by atoms with E-state index >= 15 is 0 Å². The standard InChI is InChI=1S/C18H17N5OS/c1-11-9-24-8-7-23(11)18-15-17(20-10-25-15)21-16(22-18)13-3-2-4-14-12(13)5-6-19-14/h2-6,10-11,19H,7-9H2,1H3/t11-/m1/s1. The van der Waals surface area contributed by atoms with Crippen LogP contribution in [-0.4, -0.2) is 45.7 Å². The van der Waals surface area contributed by atoms with Crippen LogP contribution in [0.25, 0.3) is 32.6 Å². The first-order chi connectivity index (χ1) is 12.3. The molecular formula is C18H17N5OS. The SMILES string of the molecule is C[C@@H]1COCCN1c1nc(-c2cccc3[nH]ccc23)nc2ncsc12. The maximum absolute atomic E-state index is 5.59. The van der Waals surface area contributed by atoms with Crippen LogP contribution in [0, 0.1) is 0 Å². The fourth-order valence-electron chi connectivity index (χ4n) is 3.39. The van der Waals surface area contributed by atoms with Crippen molar-refractivity contribution in [3.05, 3.63) is 36.0 Å². The summed E-state index contributed by atoms with van der Waals surface area (Å²) in [6, 6.07) is 8.50. The minimum absolute atomic E-state index is 0.282. The molecule has 1 aliphatic heterocycles. The largest absolute Gasteiger partial charge is 0.377 e. The lowest BCUT2D eigenvalue weighted by Gasteiger charge is -2.34. The van der Waals surface area contributed by atoms with Crippen molar-refractivity contribution < 1.29 is 4.74 Å².